The summed E-state index contributed by atoms with van der Waals surface area (Å²) in [5.41, 5.74) is 0.985. The quantitative estimate of drug-likeness (QED) is 0.679. The van der Waals surface area contributed by atoms with Crippen LogP contribution in [0.4, 0.5) is 0 Å². The molecule has 0 aliphatic heterocycles. The predicted octanol–water partition coefficient (Wildman–Crippen LogP) is 0.562. The average molecular weight is 271 g/mol. The summed E-state index contributed by atoms with van der Waals surface area (Å²) >= 11 is 0. The van der Waals surface area contributed by atoms with Crippen molar-refractivity contribution in [3.63, 3.8) is 0 Å². The average Bonchev–Trinajstić information content (AvgIpc) is 2.37. The molecule has 1 rings (SSSR count). The summed E-state index contributed by atoms with van der Waals surface area (Å²) < 4.78 is 28.1. The Labute approximate surface area is 109 Å². The van der Waals surface area contributed by atoms with Crippen LogP contribution in [-0.4, -0.2) is 39.4 Å². The van der Waals surface area contributed by atoms with Crippen LogP contribution in [0.3, 0.4) is 0 Å². The van der Waals surface area contributed by atoms with Gasteiger partial charge in [0, 0.05) is 26.2 Å². The van der Waals surface area contributed by atoms with E-state index in [-0.39, 0.29) is 0 Å². The molecule has 0 heterocycles. The van der Waals surface area contributed by atoms with Gasteiger partial charge in [0.1, 0.15) is 0 Å². The third-order valence-corrected chi connectivity index (χ3v) is 4.19. The van der Waals surface area contributed by atoms with E-state index in [0.29, 0.717) is 26.2 Å². The number of nitrogens with one attached hydrogen (secondary N) is 2. The van der Waals surface area contributed by atoms with Crippen LogP contribution in [0.5, 0.6) is 0 Å². The van der Waals surface area contributed by atoms with Crippen LogP contribution in [0, 0.1) is 0 Å². The molecule has 0 radical (unpaired) electrons. The van der Waals surface area contributed by atoms with Gasteiger partial charge < -0.3 is 5.32 Å². The standard InChI is InChI=1S/C12H21N3O2S/c1-3-15(11-12-7-5-4-6-8-12)18(16,17)14-10-9-13-2/h4-8,13-14H,3,9-11H2,1-2H3. The molecule has 0 unspecified atom stereocenters. The highest BCUT2D eigenvalue weighted by molar-refractivity contribution is 7.87. The molecular weight excluding hydrogens is 250 g/mol. The van der Waals surface area contributed by atoms with Crippen molar-refractivity contribution in [3.8, 4) is 0 Å². The molecule has 1 aromatic carbocycles. The molecule has 0 bridgehead atoms. The molecule has 0 aromatic heterocycles. The topological polar surface area (TPSA) is 61.4 Å². The molecule has 0 atom stereocenters. The van der Waals surface area contributed by atoms with Crippen molar-refractivity contribution in [2.75, 3.05) is 26.7 Å². The van der Waals surface area contributed by atoms with Crippen molar-refractivity contribution in [1.82, 2.24) is 14.3 Å². The maximum Gasteiger partial charge on any atom is 0.279 e. The Morgan fingerprint density at radius 1 is 1.17 bits per heavy atom. The van der Waals surface area contributed by atoms with Gasteiger partial charge in [-0.2, -0.15) is 12.7 Å². The van der Waals surface area contributed by atoms with Gasteiger partial charge in [-0.25, -0.2) is 4.72 Å². The molecule has 0 aliphatic rings. The van der Waals surface area contributed by atoms with Gasteiger partial charge in [0.05, 0.1) is 0 Å². The molecule has 6 heteroatoms. The molecule has 18 heavy (non-hydrogen) atoms. The number of benzene rings is 1. The Hall–Kier alpha value is -0.950. The van der Waals surface area contributed by atoms with E-state index >= 15 is 0 Å². The zero-order valence-corrected chi connectivity index (χ0v) is 11.7. The van der Waals surface area contributed by atoms with Gasteiger partial charge in [-0.05, 0) is 12.6 Å². The fraction of sp³-hybridized carbons (Fsp3) is 0.500. The number of likely N-dealkylation sites (N-methyl/N-ethyl adjacent to an activating group) is 1. The monoisotopic (exact) mass is 271 g/mol. The molecule has 0 saturated heterocycles. The third kappa shape index (κ3) is 4.73. The third-order valence-electron chi connectivity index (χ3n) is 2.55. The van der Waals surface area contributed by atoms with E-state index in [9.17, 15) is 8.42 Å². The zero-order valence-electron chi connectivity index (χ0n) is 10.9. The van der Waals surface area contributed by atoms with Gasteiger partial charge in [0.25, 0.3) is 10.2 Å². The summed E-state index contributed by atoms with van der Waals surface area (Å²) in [6, 6.07) is 9.57. The van der Waals surface area contributed by atoms with Crippen molar-refractivity contribution in [2.24, 2.45) is 0 Å². The number of hydrogen-bond donors (Lipinski definition) is 2. The lowest BCUT2D eigenvalue weighted by Gasteiger charge is -2.20. The molecule has 0 fully saturated rings. The second kappa shape index (κ2) is 7.48. The molecule has 1 aromatic rings. The van der Waals surface area contributed by atoms with E-state index in [0.717, 1.165) is 5.56 Å². The first-order valence-corrected chi connectivity index (χ1v) is 7.47. The Bertz CT molecular complexity index is 434. The van der Waals surface area contributed by atoms with Crippen molar-refractivity contribution >= 4 is 10.2 Å². The maximum absolute atomic E-state index is 12.0. The number of nitrogens with zero attached hydrogens (tertiary/aromatic N) is 1. The van der Waals surface area contributed by atoms with Gasteiger partial charge in [0.15, 0.2) is 0 Å². The second-order valence-corrected chi connectivity index (χ2v) is 5.67. The maximum atomic E-state index is 12.0. The lowest BCUT2D eigenvalue weighted by molar-refractivity contribution is 0.414. The molecule has 5 nitrogen and oxygen atoms in total. The molecular formula is C12H21N3O2S. The summed E-state index contributed by atoms with van der Waals surface area (Å²) in [4.78, 5) is 0. The van der Waals surface area contributed by atoms with Gasteiger partial charge >= 0.3 is 0 Å². The first kappa shape index (κ1) is 15.1. The molecule has 0 amide bonds. The van der Waals surface area contributed by atoms with Crippen molar-refractivity contribution in [2.45, 2.75) is 13.5 Å². The molecule has 0 aliphatic carbocycles. The Kier molecular flexibility index (Phi) is 6.28. The SMILES string of the molecule is CCN(Cc1ccccc1)S(=O)(=O)NCCNC. The van der Waals surface area contributed by atoms with Crippen LogP contribution in [0.15, 0.2) is 30.3 Å². The fourth-order valence-corrected chi connectivity index (χ4v) is 2.75. The highest BCUT2D eigenvalue weighted by Crippen LogP contribution is 2.07. The Morgan fingerprint density at radius 3 is 2.39 bits per heavy atom. The van der Waals surface area contributed by atoms with E-state index in [4.69, 9.17) is 0 Å². The smallest absolute Gasteiger partial charge is 0.279 e. The van der Waals surface area contributed by atoms with Crippen LogP contribution in [0.1, 0.15) is 12.5 Å². The van der Waals surface area contributed by atoms with Crippen molar-refractivity contribution < 1.29 is 8.42 Å². The van der Waals surface area contributed by atoms with Crippen LogP contribution < -0.4 is 10.0 Å². The highest BCUT2D eigenvalue weighted by Gasteiger charge is 2.19. The number of rotatable bonds is 8. The Morgan fingerprint density at radius 2 is 1.83 bits per heavy atom. The highest BCUT2D eigenvalue weighted by atomic mass is 32.2. The first-order chi connectivity index (χ1) is 8.60. The summed E-state index contributed by atoms with van der Waals surface area (Å²) in [5.74, 6) is 0. The van der Waals surface area contributed by atoms with Crippen LogP contribution in [0.2, 0.25) is 0 Å². The van der Waals surface area contributed by atoms with E-state index in [1.807, 2.05) is 37.3 Å². The van der Waals surface area contributed by atoms with E-state index in [2.05, 4.69) is 10.0 Å². The van der Waals surface area contributed by atoms with Gasteiger partial charge in [0.2, 0.25) is 0 Å². The van der Waals surface area contributed by atoms with E-state index < -0.39 is 10.2 Å². The second-order valence-electron chi connectivity index (χ2n) is 3.91. The summed E-state index contributed by atoms with van der Waals surface area (Å²) in [7, 11) is -1.61. The van der Waals surface area contributed by atoms with Crippen LogP contribution in [-0.2, 0) is 16.8 Å². The lowest BCUT2D eigenvalue weighted by Crippen LogP contribution is -2.42. The van der Waals surface area contributed by atoms with E-state index in [1.165, 1.54) is 4.31 Å². The Balaban J connectivity index is 2.65. The summed E-state index contributed by atoms with van der Waals surface area (Å²) in [5, 5.41) is 2.90. The minimum absolute atomic E-state index is 0.393. The van der Waals surface area contributed by atoms with Crippen LogP contribution in [0.25, 0.3) is 0 Å². The minimum Gasteiger partial charge on any atom is -0.318 e. The largest absolute Gasteiger partial charge is 0.318 e. The molecule has 2 N–H and O–H groups in total. The summed E-state index contributed by atoms with van der Waals surface area (Å²) in [6.07, 6.45) is 0. The van der Waals surface area contributed by atoms with Crippen molar-refractivity contribution in [3.05, 3.63) is 35.9 Å². The molecule has 0 spiro atoms. The van der Waals surface area contributed by atoms with Gasteiger partial charge in [-0.3, -0.25) is 0 Å². The molecule has 102 valence electrons. The fourth-order valence-electron chi connectivity index (χ4n) is 1.55. The van der Waals surface area contributed by atoms with Crippen LogP contribution >= 0.6 is 0 Å². The van der Waals surface area contributed by atoms with E-state index in [1.54, 1.807) is 7.05 Å². The molecule has 0 saturated carbocycles. The summed E-state index contributed by atoms with van der Waals surface area (Å²) in [6.45, 7) is 3.68. The predicted molar refractivity (Wildman–Crippen MR) is 73.4 cm³/mol. The normalized spacial score (nSPS) is 11.9. The zero-order chi connectivity index (χ0) is 13.4. The number of hydrogen-bond acceptors (Lipinski definition) is 3. The van der Waals surface area contributed by atoms with Crippen molar-refractivity contribution in [1.29, 1.82) is 0 Å². The minimum atomic E-state index is -3.40. The van der Waals surface area contributed by atoms with Gasteiger partial charge in [-0.15, -0.1) is 0 Å². The first-order valence-electron chi connectivity index (χ1n) is 6.03. The van der Waals surface area contributed by atoms with Gasteiger partial charge in [-0.1, -0.05) is 37.3 Å². The lowest BCUT2D eigenvalue weighted by atomic mass is 10.2.